The van der Waals surface area contributed by atoms with E-state index in [-0.39, 0.29) is 17.6 Å². The monoisotopic (exact) mass is 493 g/mol. The van der Waals surface area contributed by atoms with Crippen LogP contribution in [0.4, 0.5) is 0 Å². The van der Waals surface area contributed by atoms with Gasteiger partial charge in [-0.2, -0.15) is 0 Å². The van der Waals surface area contributed by atoms with Gasteiger partial charge >= 0.3 is 5.97 Å². The van der Waals surface area contributed by atoms with Crippen molar-refractivity contribution in [3.8, 4) is 16.9 Å². The van der Waals surface area contributed by atoms with Crippen molar-refractivity contribution in [2.75, 3.05) is 20.2 Å². The summed E-state index contributed by atoms with van der Waals surface area (Å²) in [7, 11) is 1.41. The molecule has 4 rings (SSSR count). The molecule has 1 fully saturated rings. The number of esters is 1. The number of methoxy groups -OCH3 is 1. The molecule has 0 aromatic heterocycles. The van der Waals surface area contributed by atoms with E-state index in [0.717, 1.165) is 21.2 Å². The van der Waals surface area contributed by atoms with E-state index in [0.29, 0.717) is 31.5 Å². The summed E-state index contributed by atoms with van der Waals surface area (Å²) < 4.78 is 6.10. The molecule has 32 heavy (non-hydrogen) atoms. The molecule has 164 valence electrons. The van der Waals surface area contributed by atoms with Crippen LogP contribution in [-0.2, 0) is 14.9 Å². The molecule has 1 amide bonds. The Bertz CT molecular complexity index is 1100. The second kappa shape index (κ2) is 9.17. The van der Waals surface area contributed by atoms with Crippen molar-refractivity contribution >= 4 is 27.8 Å². The number of likely N-dealkylation sites (tertiary alicyclic amines) is 1. The van der Waals surface area contributed by atoms with Crippen LogP contribution in [0.25, 0.3) is 11.1 Å². The largest absolute Gasteiger partial charge is 0.508 e. The number of carbonyl (C=O) groups excluding carboxylic acids is 2. The van der Waals surface area contributed by atoms with Gasteiger partial charge in [0.1, 0.15) is 5.75 Å². The number of rotatable bonds is 4. The van der Waals surface area contributed by atoms with Gasteiger partial charge in [0.2, 0.25) is 0 Å². The average molecular weight is 494 g/mol. The summed E-state index contributed by atoms with van der Waals surface area (Å²) in [4.78, 5) is 27.7. The first-order chi connectivity index (χ1) is 15.4. The Kier molecular flexibility index (Phi) is 6.33. The first-order valence-corrected chi connectivity index (χ1v) is 11.3. The van der Waals surface area contributed by atoms with Crippen molar-refractivity contribution in [2.45, 2.75) is 18.3 Å². The first-order valence-electron chi connectivity index (χ1n) is 10.5. The summed E-state index contributed by atoms with van der Waals surface area (Å²) in [5.74, 6) is -0.0847. The molecular formula is C26H24BrNO4. The van der Waals surface area contributed by atoms with Crippen LogP contribution in [0, 0.1) is 0 Å². The minimum atomic E-state index is -0.741. The zero-order valence-corrected chi connectivity index (χ0v) is 19.3. The summed E-state index contributed by atoms with van der Waals surface area (Å²) in [6.07, 6.45) is 1.03. The number of hydrogen-bond donors (Lipinski definition) is 1. The standard InChI is InChI=1S/C26H24BrNO4/c1-32-25(31)26(21-8-10-22(27)11-9-21)14-16-28(17-15-26)24(30)20-4-2-18(3-5-20)19-6-12-23(29)13-7-19/h2-13,29H,14-17H2,1H3. The first kappa shape index (κ1) is 22.1. The van der Waals surface area contributed by atoms with Crippen LogP contribution in [-0.4, -0.2) is 42.1 Å². The number of carbonyl (C=O) groups is 2. The van der Waals surface area contributed by atoms with E-state index in [9.17, 15) is 14.7 Å². The number of nitrogens with zero attached hydrogens (tertiary/aromatic N) is 1. The average Bonchev–Trinajstić information content (AvgIpc) is 2.84. The van der Waals surface area contributed by atoms with E-state index < -0.39 is 5.41 Å². The summed E-state index contributed by atoms with van der Waals surface area (Å²) in [5, 5.41) is 9.46. The van der Waals surface area contributed by atoms with Gasteiger partial charge in [-0.05, 0) is 65.9 Å². The second-order valence-corrected chi connectivity index (χ2v) is 8.91. The topological polar surface area (TPSA) is 66.8 Å². The van der Waals surface area contributed by atoms with Crippen LogP contribution >= 0.6 is 15.9 Å². The van der Waals surface area contributed by atoms with Gasteiger partial charge in [-0.3, -0.25) is 9.59 Å². The molecule has 1 aliphatic heterocycles. The maximum absolute atomic E-state index is 13.1. The lowest BCUT2D eigenvalue weighted by Crippen LogP contribution is -2.49. The van der Waals surface area contributed by atoms with Gasteiger partial charge in [0.05, 0.1) is 12.5 Å². The zero-order valence-electron chi connectivity index (χ0n) is 17.8. The van der Waals surface area contributed by atoms with Crippen LogP contribution in [0.2, 0.25) is 0 Å². The lowest BCUT2D eigenvalue weighted by atomic mass is 9.72. The van der Waals surface area contributed by atoms with E-state index in [4.69, 9.17) is 4.74 Å². The van der Waals surface area contributed by atoms with Crippen LogP contribution in [0.5, 0.6) is 5.75 Å². The Balaban J connectivity index is 1.49. The minimum absolute atomic E-state index is 0.0449. The second-order valence-electron chi connectivity index (χ2n) is 8.00. The van der Waals surface area contributed by atoms with Crippen LogP contribution in [0.1, 0.15) is 28.8 Å². The molecule has 0 spiro atoms. The number of piperidine rings is 1. The molecule has 0 atom stereocenters. The quantitative estimate of drug-likeness (QED) is 0.509. The molecule has 3 aromatic rings. The number of hydrogen-bond acceptors (Lipinski definition) is 4. The number of phenolic OH excluding ortho intramolecular Hbond substituents is 1. The zero-order chi connectivity index (χ0) is 22.7. The Morgan fingerprint density at radius 2 is 1.41 bits per heavy atom. The SMILES string of the molecule is COC(=O)C1(c2ccc(Br)cc2)CCN(C(=O)c2ccc(-c3ccc(O)cc3)cc2)CC1. The predicted octanol–water partition coefficient (Wildman–Crippen LogP) is 5.17. The van der Waals surface area contributed by atoms with Crippen LogP contribution in [0.3, 0.4) is 0 Å². The molecule has 3 aromatic carbocycles. The number of phenols is 1. The Morgan fingerprint density at radius 1 is 0.875 bits per heavy atom. The fourth-order valence-corrected chi connectivity index (χ4v) is 4.57. The van der Waals surface area contributed by atoms with Crippen molar-refractivity contribution in [3.63, 3.8) is 0 Å². The summed E-state index contributed by atoms with van der Waals surface area (Å²) in [6.45, 7) is 0.952. The fraction of sp³-hybridized carbons (Fsp3) is 0.231. The van der Waals surface area contributed by atoms with E-state index in [1.54, 1.807) is 17.0 Å². The van der Waals surface area contributed by atoms with Gasteiger partial charge in [0.25, 0.3) is 5.91 Å². The minimum Gasteiger partial charge on any atom is -0.508 e. The molecule has 1 aliphatic rings. The lowest BCUT2D eigenvalue weighted by Gasteiger charge is -2.40. The van der Waals surface area contributed by atoms with Gasteiger partial charge in [-0.25, -0.2) is 0 Å². The number of ether oxygens (including phenoxy) is 1. The highest BCUT2D eigenvalue weighted by molar-refractivity contribution is 9.10. The van der Waals surface area contributed by atoms with Gasteiger partial charge in [-0.1, -0.05) is 52.3 Å². The van der Waals surface area contributed by atoms with Crippen molar-refractivity contribution in [3.05, 3.63) is 88.4 Å². The molecule has 1 N–H and O–H groups in total. The maximum atomic E-state index is 13.1. The molecule has 0 aliphatic carbocycles. The Morgan fingerprint density at radius 3 is 1.94 bits per heavy atom. The van der Waals surface area contributed by atoms with Crippen LogP contribution in [0.15, 0.2) is 77.3 Å². The van der Waals surface area contributed by atoms with E-state index in [2.05, 4.69) is 15.9 Å². The van der Waals surface area contributed by atoms with Gasteiger partial charge in [-0.15, -0.1) is 0 Å². The van der Waals surface area contributed by atoms with Crippen molar-refractivity contribution in [1.82, 2.24) is 4.90 Å². The molecule has 0 radical (unpaired) electrons. The van der Waals surface area contributed by atoms with Gasteiger partial charge in [0.15, 0.2) is 0 Å². The normalized spacial score (nSPS) is 15.2. The number of amides is 1. The van der Waals surface area contributed by atoms with E-state index in [1.165, 1.54) is 7.11 Å². The third-order valence-corrected chi connectivity index (χ3v) is 6.74. The van der Waals surface area contributed by atoms with Crippen molar-refractivity contribution in [1.29, 1.82) is 0 Å². The molecule has 6 heteroatoms. The number of aromatic hydroxyl groups is 1. The molecular weight excluding hydrogens is 470 g/mol. The Hall–Kier alpha value is -3.12. The third kappa shape index (κ3) is 4.28. The summed E-state index contributed by atoms with van der Waals surface area (Å²) >= 11 is 3.44. The summed E-state index contributed by atoms with van der Waals surface area (Å²) in [6, 6.07) is 22.2. The Labute approximate surface area is 195 Å². The predicted molar refractivity (Wildman–Crippen MR) is 127 cm³/mol. The fourth-order valence-electron chi connectivity index (χ4n) is 4.31. The maximum Gasteiger partial charge on any atom is 0.316 e. The molecule has 5 nitrogen and oxygen atoms in total. The number of halogens is 1. The highest BCUT2D eigenvalue weighted by Crippen LogP contribution is 2.38. The highest BCUT2D eigenvalue weighted by Gasteiger charge is 2.44. The smallest absolute Gasteiger partial charge is 0.316 e. The molecule has 1 heterocycles. The van der Waals surface area contributed by atoms with Crippen molar-refractivity contribution < 1.29 is 19.4 Å². The third-order valence-electron chi connectivity index (χ3n) is 6.21. The van der Waals surface area contributed by atoms with Crippen molar-refractivity contribution in [2.24, 2.45) is 0 Å². The lowest BCUT2D eigenvalue weighted by molar-refractivity contribution is -0.149. The summed E-state index contributed by atoms with van der Waals surface area (Å²) in [5.41, 5.74) is 2.73. The van der Waals surface area contributed by atoms with E-state index >= 15 is 0 Å². The molecule has 0 bridgehead atoms. The number of benzene rings is 3. The molecule has 0 saturated carbocycles. The molecule has 1 saturated heterocycles. The molecule has 0 unspecified atom stereocenters. The van der Waals surface area contributed by atoms with E-state index in [1.807, 2.05) is 60.7 Å². The van der Waals surface area contributed by atoms with Gasteiger partial charge < -0.3 is 14.7 Å². The van der Waals surface area contributed by atoms with Crippen LogP contribution < -0.4 is 0 Å². The van der Waals surface area contributed by atoms with Gasteiger partial charge in [0, 0.05) is 23.1 Å². The highest BCUT2D eigenvalue weighted by atomic mass is 79.9.